The fourth-order valence-corrected chi connectivity index (χ4v) is 1.56. The van der Waals surface area contributed by atoms with E-state index in [0.717, 1.165) is 11.9 Å². The Morgan fingerprint density at radius 2 is 2.00 bits per heavy atom. The van der Waals surface area contributed by atoms with Gasteiger partial charge >= 0.3 is 0 Å². The van der Waals surface area contributed by atoms with Crippen LogP contribution in [0.4, 0.5) is 0 Å². The Morgan fingerprint density at radius 1 is 1.44 bits per heavy atom. The van der Waals surface area contributed by atoms with Gasteiger partial charge in [-0.05, 0) is 11.8 Å². The van der Waals surface area contributed by atoms with Gasteiger partial charge in [-0.1, -0.05) is 29.8 Å². The summed E-state index contributed by atoms with van der Waals surface area (Å²) >= 11 is 3.44. The van der Waals surface area contributed by atoms with Crippen LogP contribution < -0.4 is 0 Å². The van der Waals surface area contributed by atoms with Crippen molar-refractivity contribution in [2.75, 3.05) is 19.0 Å². The SMILES string of the molecule is COC[C@@H](CBr)C(C)C. The highest BCUT2D eigenvalue weighted by Crippen LogP contribution is 2.13. The van der Waals surface area contributed by atoms with Gasteiger partial charge in [0.25, 0.3) is 0 Å². The number of rotatable bonds is 4. The summed E-state index contributed by atoms with van der Waals surface area (Å²) in [5.41, 5.74) is 0. The third-order valence-corrected chi connectivity index (χ3v) is 2.35. The van der Waals surface area contributed by atoms with Crippen LogP contribution in [0.1, 0.15) is 13.8 Å². The van der Waals surface area contributed by atoms with Gasteiger partial charge in [-0.3, -0.25) is 0 Å². The summed E-state index contributed by atoms with van der Waals surface area (Å²) in [7, 11) is 1.75. The van der Waals surface area contributed by atoms with Gasteiger partial charge in [0.15, 0.2) is 0 Å². The third-order valence-electron chi connectivity index (χ3n) is 1.52. The van der Waals surface area contributed by atoms with Gasteiger partial charge in [-0.15, -0.1) is 0 Å². The van der Waals surface area contributed by atoms with Crippen LogP contribution in [0.15, 0.2) is 0 Å². The van der Waals surface area contributed by atoms with E-state index in [-0.39, 0.29) is 0 Å². The Bertz CT molecular complexity index is 63.9. The van der Waals surface area contributed by atoms with E-state index in [2.05, 4.69) is 29.8 Å². The smallest absolute Gasteiger partial charge is 0.0500 e. The summed E-state index contributed by atoms with van der Waals surface area (Å²) in [6, 6.07) is 0. The van der Waals surface area contributed by atoms with Crippen molar-refractivity contribution < 1.29 is 4.74 Å². The number of hydrogen-bond donors (Lipinski definition) is 0. The molecule has 9 heavy (non-hydrogen) atoms. The maximum atomic E-state index is 5.03. The van der Waals surface area contributed by atoms with E-state index < -0.39 is 0 Å². The molecule has 0 aromatic carbocycles. The second kappa shape index (κ2) is 5.24. The van der Waals surface area contributed by atoms with Crippen LogP contribution in [0.3, 0.4) is 0 Å². The monoisotopic (exact) mass is 194 g/mol. The molecule has 1 nitrogen and oxygen atoms in total. The van der Waals surface area contributed by atoms with Gasteiger partial charge in [-0.2, -0.15) is 0 Å². The van der Waals surface area contributed by atoms with Crippen molar-refractivity contribution in [2.24, 2.45) is 11.8 Å². The lowest BCUT2D eigenvalue weighted by Crippen LogP contribution is -2.15. The minimum absolute atomic E-state index is 0.662. The number of hydrogen-bond acceptors (Lipinski definition) is 1. The molecule has 0 unspecified atom stereocenters. The largest absolute Gasteiger partial charge is 0.384 e. The second-order valence-electron chi connectivity index (χ2n) is 2.61. The van der Waals surface area contributed by atoms with Gasteiger partial charge in [0.05, 0.1) is 6.61 Å². The van der Waals surface area contributed by atoms with Crippen LogP contribution in [0, 0.1) is 11.8 Å². The molecule has 56 valence electrons. The van der Waals surface area contributed by atoms with E-state index in [0.29, 0.717) is 11.8 Å². The van der Waals surface area contributed by atoms with E-state index in [9.17, 15) is 0 Å². The summed E-state index contributed by atoms with van der Waals surface area (Å²) in [4.78, 5) is 0. The molecule has 0 aliphatic heterocycles. The molecule has 0 saturated carbocycles. The summed E-state index contributed by atoms with van der Waals surface area (Å²) < 4.78 is 5.03. The van der Waals surface area contributed by atoms with Crippen molar-refractivity contribution in [3.8, 4) is 0 Å². The lowest BCUT2D eigenvalue weighted by atomic mass is 9.99. The maximum absolute atomic E-state index is 5.03. The Balaban J connectivity index is 3.41. The Labute approximate surface area is 65.9 Å². The lowest BCUT2D eigenvalue weighted by molar-refractivity contribution is 0.141. The standard InChI is InChI=1S/C7H15BrO/c1-6(2)7(4-8)5-9-3/h6-7H,4-5H2,1-3H3/t7-/m1/s1. The van der Waals surface area contributed by atoms with E-state index in [4.69, 9.17) is 4.74 Å². The van der Waals surface area contributed by atoms with Crippen molar-refractivity contribution in [2.45, 2.75) is 13.8 Å². The Kier molecular flexibility index (Phi) is 5.50. The molecular weight excluding hydrogens is 180 g/mol. The first kappa shape index (κ1) is 9.44. The molecule has 1 atom stereocenters. The number of methoxy groups -OCH3 is 1. The van der Waals surface area contributed by atoms with E-state index >= 15 is 0 Å². The van der Waals surface area contributed by atoms with Gasteiger partial charge in [0, 0.05) is 12.4 Å². The predicted octanol–water partition coefficient (Wildman–Crippen LogP) is 2.30. The fourth-order valence-electron chi connectivity index (χ4n) is 0.629. The molecule has 0 amide bonds. The van der Waals surface area contributed by atoms with Crippen molar-refractivity contribution in [1.82, 2.24) is 0 Å². The summed E-state index contributed by atoms with van der Waals surface area (Å²) in [5, 5.41) is 1.04. The number of ether oxygens (including phenoxy) is 1. The second-order valence-corrected chi connectivity index (χ2v) is 3.26. The minimum Gasteiger partial charge on any atom is -0.384 e. The minimum atomic E-state index is 0.662. The highest BCUT2D eigenvalue weighted by Gasteiger charge is 2.09. The first-order chi connectivity index (χ1) is 4.22. The first-order valence-corrected chi connectivity index (χ1v) is 4.39. The quantitative estimate of drug-likeness (QED) is 0.625. The van der Waals surface area contributed by atoms with Crippen LogP contribution >= 0.6 is 15.9 Å². The molecule has 2 heteroatoms. The van der Waals surface area contributed by atoms with Crippen LogP contribution in [0.2, 0.25) is 0 Å². The van der Waals surface area contributed by atoms with Crippen molar-refractivity contribution in [3.05, 3.63) is 0 Å². The van der Waals surface area contributed by atoms with Crippen LogP contribution in [-0.4, -0.2) is 19.0 Å². The van der Waals surface area contributed by atoms with Gasteiger partial charge in [0.1, 0.15) is 0 Å². The van der Waals surface area contributed by atoms with Gasteiger partial charge in [0.2, 0.25) is 0 Å². The molecule has 0 heterocycles. The third kappa shape index (κ3) is 3.93. The average Bonchev–Trinajstić information content (AvgIpc) is 1.82. The molecule has 0 aliphatic rings. The van der Waals surface area contributed by atoms with E-state index in [1.54, 1.807) is 7.11 Å². The molecule has 0 aromatic heterocycles. The molecule has 0 fully saturated rings. The maximum Gasteiger partial charge on any atom is 0.0500 e. The zero-order chi connectivity index (χ0) is 7.28. The average molecular weight is 195 g/mol. The van der Waals surface area contributed by atoms with Crippen molar-refractivity contribution in [3.63, 3.8) is 0 Å². The molecule has 0 spiro atoms. The number of halogens is 1. The normalized spacial score (nSPS) is 14.3. The Hall–Kier alpha value is 0.440. The number of alkyl halides is 1. The van der Waals surface area contributed by atoms with Crippen molar-refractivity contribution in [1.29, 1.82) is 0 Å². The lowest BCUT2D eigenvalue weighted by Gasteiger charge is -2.15. The molecule has 0 radical (unpaired) electrons. The summed E-state index contributed by atoms with van der Waals surface area (Å²) in [6.07, 6.45) is 0. The zero-order valence-electron chi connectivity index (χ0n) is 6.36. The van der Waals surface area contributed by atoms with E-state index in [1.807, 2.05) is 0 Å². The molecule has 0 saturated heterocycles. The van der Waals surface area contributed by atoms with Gasteiger partial charge < -0.3 is 4.74 Å². The molecule has 0 aliphatic carbocycles. The topological polar surface area (TPSA) is 9.23 Å². The Morgan fingerprint density at radius 3 is 2.11 bits per heavy atom. The molecular formula is C7H15BrO. The molecule has 0 aromatic rings. The highest BCUT2D eigenvalue weighted by molar-refractivity contribution is 9.09. The molecule has 0 N–H and O–H groups in total. The zero-order valence-corrected chi connectivity index (χ0v) is 7.94. The van der Waals surface area contributed by atoms with E-state index in [1.165, 1.54) is 0 Å². The fraction of sp³-hybridized carbons (Fsp3) is 1.00. The molecule has 0 rings (SSSR count). The molecule has 0 bridgehead atoms. The summed E-state index contributed by atoms with van der Waals surface area (Å²) in [5.74, 6) is 1.37. The summed E-state index contributed by atoms with van der Waals surface area (Å²) in [6.45, 7) is 5.29. The first-order valence-electron chi connectivity index (χ1n) is 3.27. The van der Waals surface area contributed by atoms with Crippen molar-refractivity contribution >= 4 is 15.9 Å². The van der Waals surface area contributed by atoms with Crippen LogP contribution in [0.25, 0.3) is 0 Å². The van der Waals surface area contributed by atoms with Crippen LogP contribution in [-0.2, 0) is 4.74 Å². The van der Waals surface area contributed by atoms with Crippen LogP contribution in [0.5, 0.6) is 0 Å². The highest BCUT2D eigenvalue weighted by atomic mass is 79.9. The van der Waals surface area contributed by atoms with Gasteiger partial charge in [-0.25, -0.2) is 0 Å². The predicted molar refractivity (Wildman–Crippen MR) is 44.0 cm³/mol.